The second-order valence-corrected chi connectivity index (χ2v) is 7.46. The monoisotopic (exact) mass is 418 g/mol. The smallest absolute Gasteiger partial charge is 0.342 e. The number of benzene rings is 3. The number of ether oxygens (including phenoxy) is 1. The summed E-state index contributed by atoms with van der Waals surface area (Å²) in [5, 5.41) is 19.6. The summed E-state index contributed by atoms with van der Waals surface area (Å²) >= 11 is 0.903. The highest BCUT2D eigenvalue weighted by atomic mass is 32.2. The first-order valence-electron chi connectivity index (χ1n) is 9.21. The van der Waals surface area contributed by atoms with Crippen LogP contribution in [0.2, 0.25) is 0 Å². The van der Waals surface area contributed by atoms with Crippen molar-refractivity contribution < 1.29 is 19.1 Å². The van der Waals surface area contributed by atoms with Crippen LogP contribution in [-0.2, 0) is 11.4 Å². The molecular weight excluding hydrogens is 400 g/mol. The summed E-state index contributed by atoms with van der Waals surface area (Å²) in [4.78, 5) is 11.8. The van der Waals surface area contributed by atoms with Crippen molar-refractivity contribution in [3.63, 3.8) is 0 Å². The van der Waals surface area contributed by atoms with E-state index in [-0.39, 0.29) is 10.1 Å². The lowest BCUT2D eigenvalue weighted by Crippen LogP contribution is -2.00. The van der Waals surface area contributed by atoms with Gasteiger partial charge in [-0.3, -0.25) is 0 Å². The minimum atomic E-state index is -1.08. The molecule has 0 aliphatic rings. The molecule has 0 amide bonds. The van der Waals surface area contributed by atoms with Gasteiger partial charge in [0.1, 0.15) is 17.3 Å². The van der Waals surface area contributed by atoms with E-state index in [4.69, 9.17) is 9.15 Å². The maximum Gasteiger partial charge on any atom is 0.342 e. The van der Waals surface area contributed by atoms with Crippen molar-refractivity contribution in [2.45, 2.75) is 18.8 Å². The maximum atomic E-state index is 11.7. The van der Waals surface area contributed by atoms with E-state index >= 15 is 0 Å². The summed E-state index contributed by atoms with van der Waals surface area (Å²) < 4.78 is 11.4. The number of rotatable bonds is 7. The molecule has 1 aromatic heterocycles. The van der Waals surface area contributed by atoms with E-state index in [1.54, 1.807) is 19.1 Å². The fourth-order valence-corrected chi connectivity index (χ4v) is 3.70. The predicted molar refractivity (Wildman–Crippen MR) is 115 cm³/mol. The number of aryl methyl sites for hydroxylation is 1. The van der Waals surface area contributed by atoms with Gasteiger partial charge in [-0.2, -0.15) is 0 Å². The van der Waals surface area contributed by atoms with Crippen molar-refractivity contribution in [1.29, 1.82) is 0 Å². The standard InChI is InChI=1S/C23H18N2O4S/c1-15-24-25-23(29-15)30-21(22(26)27)13-17-8-3-5-12-20(17)28-14-18-10-6-9-16-7-2-4-11-19(16)18/h2-13H,14H2,1H3,(H,26,27)/b21-13-. The zero-order chi connectivity index (χ0) is 20.9. The van der Waals surface area contributed by atoms with Gasteiger partial charge in [-0.1, -0.05) is 60.7 Å². The molecule has 0 atom stereocenters. The summed E-state index contributed by atoms with van der Waals surface area (Å²) in [5.41, 5.74) is 1.71. The highest BCUT2D eigenvalue weighted by Crippen LogP contribution is 2.30. The zero-order valence-electron chi connectivity index (χ0n) is 16.1. The van der Waals surface area contributed by atoms with E-state index in [1.165, 1.54) is 0 Å². The van der Waals surface area contributed by atoms with Gasteiger partial charge in [0.2, 0.25) is 5.89 Å². The lowest BCUT2D eigenvalue weighted by Gasteiger charge is -2.11. The molecule has 0 unspecified atom stereocenters. The fourth-order valence-electron chi connectivity index (χ4n) is 2.99. The van der Waals surface area contributed by atoms with Crippen LogP contribution >= 0.6 is 11.8 Å². The van der Waals surface area contributed by atoms with Crippen molar-refractivity contribution in [1.82, 2.24) is 10.2 Å². The Morgan fingerprint density at radius 3 is 2.63 bits per heavy atom. The van der Waals surface area contributed by atoms with Crippen LogP contribution in [0.1, 0.15) is 17.0 Å². The van der Waals surface area contributed by atoms with Crippen LogP contribution in [-0.4, -0.2) is 21.3 Å². The number of para-hydroxylation sites is 1. The minimum absolute atomic E-state index is 0.0554. The van der Waals surface area contributed by atoms with E-state index in [0.29, 0.717) is 23.8 Å². The van der Waals surface area contributed by atoms with Crippen LogP contribution in [0.5, 0.6) is 5.75 Å². The lowest BCUT2D eigenvalue weighted by molar-refractivity contribution is -0.131. The van der Waals surface area contributed by atoms with Crippen molar-refractivity contribution in [3.05, 3.63) is 88.7 Å². The third-order valence-electron chi connectivity index (χ3n) is 4.38. The molecule has 6 nitrogen and oxygen atoms in total. The summed E-state index contributed by atoms with van der Waals surface area (Å²) in [6.07, 6.45) is 1.55. The number of thioether (sulfide) groups is 1. The number of nitrogens with zero attached hydrogens (tertiary/aromatic N) is 2. The largest absolute Gasteiger partial charge is 0.488 e. The molecule has 0 radical (unpaired) electrons. The van der Waals surface area contributed by atoms with Gasteiger partial charge in [0.15, 0.2) is 0 Å². The van der Waals surface area contributed by atoms with Crippen LogP contribution in [0.25, 0.3) is 16.8 Å². The molecule has 150 valence electrons. The summed E-state index contributed by atoms with van der Waals surface area (Å²) in [5.74, 6) is -0.118. The van der Waals surface area contributed by atoms with Crippen molar-refractivity contribution in [2.75, 3.05) is 0 Å². The molecule has 0 spiro atoms. The van der Waals surface area contributed by atoms with Gasteiger partial charge in [0.05, 0.1) is 0 Å². The number of aromatic nitrogens is 2. The molecule has 0 bridgehead atoms. The molecule has 3 aromatic carbocycles. The third kappa shape index (κ3) is 4.52. The fraction of sp³-hybridized carbons (Fsp3) is 0.0870. The van der Waals surface area contributed by atoms with E-state index in [0.717, 1.165) is 28.1 Å². The Balaban J connectivity index is 1.60. The summed E-state index contributed by atoms with van der Waals surface area (Å²) in [6.45, 7) is 2.02. The Morgan fingerprint density at radius 1 is 1.07 bits per heavy atom. The average molecular weight is 418 g/mol. The predicted octanol–water partition coefficient (Wildman–Crippen LogP) is 5.33. The molecule has 0 saturated carbocycles. The first-order chi connectivity index (χ1) is 14.6. The molecule has 30 heavy (non-hydrogen) atoms. The number of fused-ring (bicyclic) bond motifs is 1. The number of carboxylic acids is 1. The first kappa shape index (κ1) is 19.7. The summed E-state index contributed by atoms with van der Waals surface area (Å²) in [7, 11) is 0. The van der Waals surface area contributed by atoms with Gasteiger partial charge < -0.3 is 14.3 Å². The lowest BCUT2D eigenvalue weighted by atomic mass is 10.1. The van der Waals surface area contributed by atoms with Crippen LogP contribution < -0.4 is 4.74 Å². The number of carbonyl (C=O) groups is 1. The van der Waals surface area contributed by atoms with Crippen LogP contribution in [0.3, 0.4) is 0 Å². The molecule has 1 N–H and O–H groups in total. The van der Waals surface area contributed by atoms with Crippen LogP contribution in [0.15, 0.2) is 81.3 Å². The molecule has 7 heteroatoms. The Morgan fingerprint density at radius 2 is 1.83 bits per heavy atom. The van der Waals surface area contributed by atoms with Crippen molar-refractivity contribution in [3.8, 4) is 5.75 Å². The molecule has 1 heterocycles. The van der Waals surface area contributed by atoms with Gasteiger partial charge in [0, 0.05) is 12.5 Å². The molecule has 0 saturated heterocycles. The topological polar surface area (TPSA) is 85.5 Å². The number of aliphatic carboxylic acids is 1. The second kappa shape index (κ2) is 8.84. The second-order valence-electron chi connectivity index (χ2n) is 6.47. The Kier molecular flexibility index (Phi) is 5.81. The van der Waals surface area contributed by atoms with E-state index in [1.807, 2.05) is 42.5 Å². The van der Waals surface area contributed by atoms with Gasteiger partial charge in [-0.15, -0.1) is 10.2 Å². The van der Waals surface area contributed by atoms with Gasteiger partial charge in [-0.05, 0) is 40.2 Å². The number of hydrogen-bond acceptors (Lipinski definition) is 6. The molecular formula is C23H18N2O4S. The Hall–Kier alpha value is -3.58. The SMILES string of the molecule is Cc1nnc(S/C(=C\c2ccccc2OCc2cccc3ccccc23)C(=O)O)o1. The normalized spacial score (nSPS) is 11.6. The van der Waals surface area contributed by atoms with Crippen LogP contribution in [0.4, 0.5) is 0 Å². The van der Waals surface area contributed by atoms with Gasteiger partial charge in [-0.25, -0.2) is 4.79 Å². The quantitative estimate of drug-likeness (QED) is 0.321. The molecule has 0 aliphatic carbocycles. The Labute approximate surface area is 177 Å². The van der Waals surface area contributed by atoms with Crippen molar-refractivity contribution in [2.24, 2.45) is 0 Å². The zero-order valence-corrected chi connectivity index (χ0v) is 16.9. The summed E-state index contributed by atoms with van der Waals surface area (Å²) in [6, 6.07) is 21.5. The minimum Gasteiger partial charge on any atom is -0.488 e. The van der Waals surface area contributed by atoms with E-state index in [9.17, 15) is 9.90 Å². The highest BCUT2D eigenvalue weighted by molar-refractivity contribution is 8.03. The van der Waals surface area contributed by atoms with Gasteiger partial charge in [0.25, 0.3) is 5.22 Å². The maximum absolute atomic E-state index is 11.7. The molecule has 4 aromatic rings. The van der Waals surface area contributed by atoms with E-state index < -0.39 is 5.97 Å². The Bertz CT molecular complexity index is 1230. The molecule has 4 rings (SSSR count). The third-order valence-corrected chi connectivity index (χ3v) is 5.24. The number of hydrogen-bond donors (Lipinski definition) is 1. The average Bonchev–Trinajstić information content (AvgIpc) is 3.17. The number of carboxylic acid groups (broad SMARTS) is 1. The van der Waals surface area contributed by atoms with Crippen molar-refractivity contribution >= 4 is 34.6 Å². The van der Waals surface area contributed by atoms with Gasteiger partial charge >= 0.3 is 5.97 Å². The first-order valence-corrected chi connectivity index (χ1v) is 10.0. The molecule has 0 aliphatic heterocycles. The van der Waals surface area contributed by atoms with E-state index in [2.05, 4.69) is 28.4 Å². The van der Waals surface area contributed by atoms with Crippen LogP contribution in [0, 0.1) is 6.92 Å². The molecule has 0 fully saturated rings. The highest BCUT2D eigenvalue weighted by Gasteiger charge is 2.15.